The van der Waals surface area contributed by atoms with E-state index in [9.17, 15) is 9.59 Å². The lowest BCUT2D eigenvalue weighted by atomic mass is 10.2. The summed E-state index contributed by atoms with van der Waals surface area (Å²) in [6.45, 7) is 1.97. The van der Waals surface area contributed by atoms with Crippen LogP contribution in [-0.2, 0) is 9.59 Å². The molecule has 1 aromatic carbocycles. The first-order valence-electron chi connectivity index (χ1n) is 7.22. The Morgan fingerprint density at radius 1 is 1.13 bits per heavy atom. The van der Waals surface area contributed by atoms with Crippen molar-refractivity contribution in [1.82, 2.24) is 10.4 Å². The Labute approximate surface area is 134 Å². The maximum Gasteiger partial charge on any atom is 0.240 e. The van der Waals surface area contributed by atoms with Crippen molar-refractivity contribution in [2.45, 2.75) is 19.8 Å². The lowest BCUT2D eigenvalue weighted by Crippen LogP contribution is -2.20. The molecule has 0 aliphatic carbocycles. The van der Waals surface area contributed by atoms with Gasteiger partial charge in [0.1, 0.15) is 0 Å². The van der Waals surface area contributed by atoms with Crippen LogP contribution in [0.15, 0.2) is 53.9 Å². The molecule has 23 heavy (non-hydrogen) atoms. The van der Waals surface area contributed by atoms with Gasteiger partial charge in [-0.2, -0.15) is 5.10 Å². The van der Waals surface area contributed by atoms with Crippen molar-refractivity contribution in [1.29, 1.82) is 0 Å². The highest BCUT2D eigenvalue weighted by Gasteiger charge is 2.06. The van der Waals surface area contributed by atoms with Crippen molar-refractivity contribution in [3.05, 3.63) is 59.9 Å². The van der Waals surface area contributed by atoms with Crippen LogP contribution in [0.25, 0.3) is 0 Å². The number of hydrogen-bond donors (Lipinski definition) is 2. The van der Waals surface area contributed by atoms with Gasteiger partial charge in [0, 0.05) is 36.5 Å². The monoisotopic (exact) mass is 310 g/mol. The summed E-state index contributed by atoms with van der Waals surface area (Å²) in [5.41, 5.74) is 5.00. The van der Waals surface area contributed by atoms with Crippen LogP contribution in [0.4, 0.5) is 5.69 Å². The Balaban J connectivity index is 1.70. The third-order valence-electron chi connectivity index (χ3n) is 3.00. The average Bonchev–Trinajstić information content (AvgIpc) is 2.56. The van der Waals surface area contributed by atoms with Crippen molar-refractivity contribution < 1.29 is 9.59 Å². The minimum atomic E-state index is -0.316. The number of hydrazone groups is 1. The summed E-state index contributed by atoms with van der Waals surface area (Å²) >= 11 is 0. The van der Waals surface area contributed by atoms with Gasteiger partial charge in [0.05, 0.1) is 6.21 Å². The zero-order chi connectivity index (χ0) is 16.5. The molecule has 1 aromatic heterocycles. The van der Waals surface area contributed by atoms with Gasteiger partial charge in [0.25, 0.3) is 0 Å². The molecule has 6 nitrogen and oxygen atoms in total. The van der Waals surface area contributed by atoms with Crippen molar-refractivity contribution in [2.24, 2.45) is 5.10 Å². The number of nitrogens with one attached hydrogen (secondary N) is 2. The van der Waals surface area contributed by atoms with Gasteiger partial charge >= 0.3 is 0 Å². The smallest absolute Gasteiger partial charge is 0.240 e. The quantitative estimate of drug-likeness (QED) is 0.634. The minimum Gasteiger partial charge on any atom is -0.326 e. The van der Waals surface area contributed by atoms with Crippen LogP contribution in [0.5, 0.6) is 0 Å². The highest BCUT2D eigenvalue weighted by atomic mass is 16.2. The van der Waals surface area contributed by atoms with Crippen molar-refractivity contribution in [3.63, 3.8) is 0 Å². The van der Waals surface area contributed by atoms with Crippen LogP contribution in [0.2, 0.25) is 0 Å². The maximum absolute atomic E-state index is 11.8. The number of carbonyl (C=O) groups excluding carboxylic acids is 2. The van der Waals surface area contributed by atoms with Crippen molar-refractivity contribution in [2.75, 3.05) is 5.32 Å². The van der Waals surface area contributed by atoms with E-state index >= 15 is 0 Å². The fraction of sp³-hybridized carbons (Fsp3) is 0.176. The lowest BCUT2D eigenvalue weighted by molar-refractivity contribution is -0.124. The number of benzene rings is 1. The molecule has 2 rings (SSSR count). The largest absolute Gasteiger partial charge is 0.326 e. The molecule has 0 atom stereocenters. The number of aromatic nitrogens is 1. The molecule has 6 heteroatoms. The molecule has 0 bridgehead atoms. The number of amides is 2. The Hall–Kier alpha value is -3.02. The van der Waals surface area contributed by atoms with E-state index in [1.54, 1.807) is 18.5 Å². The van der Waals surface area contributed by atoms with Gasteiger partial charge in [-0.1, -0.05) is 23.8 Å². The molecule has 2 N–H and O–H groups in total. The fourth-order valence-corrected chi connectivity index (χ4v) is 1.77. The lowest BCUT2D eigenvalue weighted by Gasteiger charge is -2.05. The van der Waals surface area contributed by atoms with Crippen LogP contribution >= 0.6 is 0 Å². The molecule has 2 aromatic rings. The van der Waals surface area contributed by atoms with E-state index in [-0.39, 0.29) is 24.7 Å². The molecule has 0 saturated carbocycles. The van der Waals surface area contributed by atoms with Crippen LogP contribution in [0, 0.1) is 6.92 Å². The van der Waals surface area contributed by atoms with E-state index in [1.165, 1.54) is 6.21 Å². The number of nitrogens with zero attached hydrogens (tertiary/aromatic N) is 2. The predicted octanol–water partition coefficient (Wildman–Crippen LogP) is 2.26. The molecule has 0 aliphatic rings. The van der Waals surface area contributed by atoms with E-state index in [0.29, 0.717) is 0 Å². The number of carbonyl (C=O) groups is 2. The second kappa shape index (κ2) is 8.43. The molecule has 0 saturated heterocycles. The molecular weight excluding hydrogens is 292 g/mol. The predicted molar refractivity (Wildman–Crippen MR) is 89.0 cm³/mol. The van der Waals surface area contributed by atoms with Gasteiger partial charge in [-0.25, -0.2) is 5.43 Å². The van der Waals surface area contributed by atoms with E-state index in [2.05, 4.69) is 20.8 Å². The summed E-state index contributed by atoms with van der Waals surface area (Å²) in [7, 11) is 0. The zero-order valence-corrected chi connectivity index (χ0v) is 12.8. The highest BCUT2D eigenvalue weighted by molar-refractivity contribution is 5.93. The zero-order valence-electron chi connectivity index (χ0n) is 12.8. The summed E-state index contributed by atoms with van der Waals surface area (Å²) in [6.07, 6.45) is 4.95. The molecule has 0 fully saturated rings. The molecule has 0 radical (unpaired) electrons. The normalized spacial score (nSPS) is 10.5. The number of pyridine rings is 1. The fourth-order valence-electron chi connectivity index (χ4n) is 1.77. The van der Waals surface area contributed by atoms with Gasteiger partial charge < -0.3 is 5.32 Å². The first-order chi connectivity index (χ1) is 11.1. The Morgan fingerprint density at radius 3 is 2.57 bits per heavy atom. The topological polar surface area (TPSA) is 83.5 Å². The number of aryl methyl sites for hydroxylation is 1. The first kappa shape index (κ1) is 16.4. The molecule has 0 aliphatic heterocycles. The van der Waals surface area contributed by atoms with Crippen LogP contribution in [-0.4, -0.2) is 23.0 Å². The maximum atomic E-state index is 11.8. The molecular formula is C17H18N4O2. The summed E-state index contributed by atoms with van der Waals surface area (Å²) in [6, 6.07) is 11.1. The molecule has 0 spiro atoms. The average molecular weight is 310 g/mol. The van der Waals surface area contributed by atoms with Crippen molar-refractivity contribution >= 4 is 23.7 Å². The van der Waals surface area contributed by atoms with Crippen LogP contribution < -0.4 is 10.7 Å². The molecule has 0 unspecified atom stereocenters. The van der Waals surface area contributed by atoms with E-state index in [4.69, 9.17) is 0 Å². The standard InChI is InChI=1S/C17H18N4O2/c1-13-4-6-15(7-5-13)20-16(22)8-9-17(23)21-19-12-14-3-2-10-18-11-14/h2-7,10-12H,8-9H2,1H3,(H,20,22)(H,21,23)/b19-12-. The minimum absolute atomic E-state index is 0.0715. The summed E-state index contributed by atoms with van der Waals surface area (Å²) in [5, 5.41) is 6.56. The third-order valence-corrected chi connectivity index (χ3v) is 3.00. The molecule has 1 heterocycles. The van der Waals surface area contributed by atoms with E-state index in [1.807, 2.05) is 37.3 Å². The SMILES string of the molecule is Cc1ccc(NC(=O)CCC(=O)N/N=C\c2cccnc2)cc1. The number of rotatable bonds is 6. The van der Waals surface area contributed by atoms with E-state index in [0.717, 1.165) is 16.8 Å². The summed E-state index contributed by atoms with van der Waals surface area (Å²) < 4.78 is 0. The Bertz CT molecular complexity index is 681. The molecule has 2 amide bonds. The number of anilines is 1. The van der Waals surface area contributed by atoms with Crippen LogP contribution in [0.1, 0.15) is 24.0 Å². The second-order valence-corrected chi connectivity index (χ2v) is 4.99. The third kappa shape index (κ3) is 6.09. The van der Waals surface area contributed by atoms with Gasteiger partial charge in [0.2, 0.25) is 11.8 Å². The molecule has 118 valence electrons. The van der Waals surface area contributed by atoms with Crippen LogP contribution in [0.3, 0.4) is 0 Å². The Kier molecular flexibility index (Phi) is 5.99. The number of hydrogen-bond acceptors (Lipinski definition) is 4. The van der Waals surface area contributed by atoms with Gasteiger partial charge in [-0.15, -0.1) is 0 Å². The Morgan fingerprint density at radius 2 is 1.87 bits per heavy atom. The van der Waals surface area contributed by atoms with Gasteiger partial charge in [-0.05, 0) is 25.1 Å². The summed E-state index contributed by atoms with van der Waals surface area (Å²) in [4.78, 5) is 27.3. The van der Waals surface area contributed by atoms with Gasteiger partial charge in [0.15, 0.2) is 0 Å². The van der Waals surface area contributed by atoms with Crippen molar-refractivity contribution in [3.8, 4) is 0 Å². The highest BCUT2D eigenvalue weighted by Crippen LogP contribution is 2.09. The summed E-state index contributed by atoms with van der Waals surface area (Å²) in [5.74, 6) is -0.524. The van der Waals surface area contributed by atoms with Gasteiger partial charge in [-0.3, -0.25) is 14.6 Å². The van der Waals surface area contributed by atoms with E-state index < -0.39 is 0 Å². The second-order valence-electron chi connectivity index (χ2n) is 4.99. The first-order valence-corrected chi connectivity index (χ1v) is 7.22.